The van der Waals surface area contributed by atoms with E-state index in [1.807, 2.05) is 24.3 Å². The van der Waals surface area contributed by atoms with Crippen LogP contribution in [-0.2, 0) is 10.2 Å². The molecule has 4 rings (SSSR count). The van der Waals surface area contributed by atoms with Gasteiger partial charge in [0.25, 0.3) is 5.91 Å². The standard InChI is InChI=1S/C25H30FN3O2S/c1-25(2,3)19-7-5-18(6-8-19)23(30)29(12-4-11-28-13-15-31-16-14-28)24-27-21-10-9-20(26)17-22(21)32-24/h5-10,17H,4,11-16H2,1-3H3. The molecule has 0 bridgehead atoms. The highest BCUT2D eigenvalue weighted by Crippen LogP contribution is 2.31. The van der Waals surface area contributed by atoms with Crippen LogP contribution in [0.1, 0.15) is 43.1 Å². The maximum Gasteiger partial charge on any atom is 0.260 e. The normalized spacial score (nSPS) is 15.2. The lowest BCUT2D eigenvalue weighted by Gasteiger charge is -2.28. The van der Waals surface area contributed by atoms with E-state index in [4.69, 9.17) is 4.74 Å². The zero-order valence-corrected chi connectivity index (χ0v) is 19.8. The fourth-order valence-corrected chi connectivity index (χ4v) is 4.85. The van der Waals surface area contributed by atoms with Gasteiger partial charge in [-0.15, -0.1) is 0 Å². The maximum absolute atomic E-state index is 13.7. The van der Waals surface area contributed by atoms with Gasteiger partial charge in [0, 0.05) is 31.7 Å². The summed E-state index contributed by atoms with van der Waals surface area (Å²) in [6.45, 7) is 11.3. The summed E-state index contributed by atoms with van der Waals surface area (Å²) in [4.78, 5) is 22.3. The van der Waals surface area contributed by atoms with Crippen molar-refractivity contribution in [2.24, 2.45) is 0 Å². The van der Waals surface area contributed by atoms with Crippen LogP contribution in [0.5, 0.6) is 0 Å². The number of amides is 1. The van der Waals surface area contributed by atoms with Gasteiger partial charge in [-0.2, -0.15) is 0 Å². The molecule has 0 atom stereocenters. The van der Waals surface area contributed by atoms with Gasteiger partial charge in [-0.05, 0) is 47.7 Å². The number of carbonyl (C=O) groups excluding carboxylic acids is 1. The third-order valence-corrected chi connectivity index (χ3v) is 6.81. The quantitative estimate of drug-likeness (QED) is 0.519. The molecule has 1 fully saturated rings. The minimum Gasteiger partial charge on any atom is -0.379 e. The van der Waals surface area contributed by atoms with Crippen molar-refractivity contribution in [3.63, 3.8) is 0 Å². The minimum atomic E-state index is -0.296. The molecule has 2 heterocycles. The second kappa shape index (κ2) is 9.65. The van der Waals surface area contributed by atoms with E-state index in [1.165, 1.54) is 29.0 Å². The molecular formula is C25H30FN3O2S. The minimum absolute atomic E-state index is 0.0243. The summed E-state index contributed by atoms with van der Waals surface area (Å²) in [5.41, 5.74) is 2.55. The number of benzene rings is 2. The third kappa shape index (κ3) is 5.34. The molecule has 0 spiro atoms. The molecule has 0 saturated carbocycles. The number of carbonyl (C=O) groups is 1. The number of hydrogen-bond donors (Lipinski definition) is 0. The van der Waals surface area contributed by atoms with Crippen LogP contribution in [0.3, 0.4) is 0 Å². The number of hydrogen-bond acceptors (Lipinski definition) is 5. The van der Waals surface area contributed by atoms with Crippen molar-refractivity contribution in [2.45, 2.75) is 32.6 Å². The van der Waals surface area contributed by atoms with E-state index >= 15 is 0 Å². The van der Waals surface area contributed by atoms with Crippen LogP contribution in [0, 0.1) is 5.82 Å². The van der Waals surface area contributed by atoms with Crippen molar-refractivity contribution in [3.8, 4) is 0 Å². The van der Waals surface area contributed by atoms with Crippen LogP contribution >= 0.6 is 11.3 Å². The maximum atomic E-state index is 13.7. The second-order valence-corrected chi connectivity index (χ2v) is 10.2. The van der Waals surface area contributed by atoms with Crippen LogP contribution in [0.15, 0.2) is 42.5 Å². The molecule has 1 saturated heterocycles. The fourth-order valence-electron chi connectivity index (χ4n) is 3.83. The van der Waals surface area contributed by atoms with Crippen molar-refractivity contribution >= 4 is 32.6 Å². The number of ether oxygens (including phenoxy) is 1. The lowest BCUT2D eigenvalue weighted by Crippen LogP contribution is -2.39. The zero-order chi connectivity index (χ0) is 22.7. The fraction of sp³-hybridized carbons (Fsp3) is 0.440. The highest BCUT2D eigenvalue weighted by atomic mass is 32.1. The molecule has 0 radical (unpaired) electrons. The van der Waals surface area contributed by atoms with Gasteiger partial charge < -0.3 is 4.74 Å². The van der Waals surface area contributed by atoms with Gasteiger partial charge in [-0.25, -0.2) is 9.37 Å². The molecule has 0 unspecified atom stereocenters. The van der Waals surface area contributed by atoms with Gasteiger partial charge in [0.05, 0.1) is 23.4 Å². The SMILES string of the molecule is CC(C)(C)c1ccc(C(=O)N(CCCN2CCOCC2)c2nc3ccc(F)cc3s2)cc1. The molecule has 1 amide bonds. The summed E-state index contributed by atoms with van der Waals surface area (Å²) in [6.07, 6.45) is 0.829. The Bertz CT molecular complexity index is 1070. The van der Waals surface area contributed by atoms with Gasteiger partial charge >= 0.3 is 0 Å². The molecule has 170 valence electrons. The van der Waals surface area contributed by atoms with Gasteiger partial charge in [0.2, 0.25) is 0 Å². The Morgan fingerprint density at radius 3 is 2.56 bits per heavy atom. The molecule has 3 aromatic rings. The summed E-state index contributed by atoms with van der Waals surface area (Å²) in [5, 5.41) is 0.609. The van der Waals surface area contributed by atoms with Gasteiger partial charge in [0.15, 0.2) is 5.13 Å². The average molecular weight is 456 g/mol. The summed E-state index contributed by atoms with van der Waals surface area (Å²) in [6, 6.07) is 12.4. The summed E-state index contributed by atoms with van der Waals surface area (Å²) < 4.78 is 19.9. The summed E-state index contributed by atoms with van der Waals surface area (Å²) in [7, 11) is 0. The summed E-state index contributed by atoms with van der Waals surface area (Å²) in [5.74, 6) is -0.373. The zero-order valence-electron chi connectivity index (χ0n) is 18.9. The number of anilines is 1. The van der Waals surface area contributed by atoms with Crippen molar-refractivity contribution < 1.29 is 13.9 Å². The highest BCUT2D eigenvalue weighted by molar-refractivity contribution is 7.22. The molecule has 2 aromatic carbocycles. The van der Waals surface area contributed by atoms with Crippen LogP contribution in [0.2, 0.25) is 0 Å². The Labute approximate surface area is 192 Å². The van der Waals surface area contributed by atoms with E-state index in [2.05, 4.69) is 30.7 Å². The van der Waals surface area contributed by atoms with Crippen LogP contribution < -0.4 is 4.90 Å². The first-order chi connectivity index (χ1) is 15.3. The van der Waals surface area contributed by atoms with Crippen LogP contribution in [0.4, 0.5) is 9.52 Å². The van der Waals surface area contributed by atoms with E-state index in [0.717, 1.165) is 44.0 Å². The number of aromatic nitrogens is 1. The first-order valence-corrected chi connectivity index (χ1v) is 11.9. The predicted molar refractivity (Wildman–Crippen MR) is 128 cm³/mol. The molecule has 7 heteroatoms. The number of fused-ring (bicyclic) bond motifs is 1. The van der Waals surface area contributed by atoms with Gasteiger partial charge in [-0.3, -0.25) is 14.6 Å². The molecule has 0 N–H and O–H groups in total. The average Bonchev–Trinajstić information content (AvgIpc) is 3.19. The Hall–Kier alpha value is -2.35. The number of morpholine rings is 1. The molecule has 5 nitrogen and oxygen atoms in total. The van der Waals surface area contributed by atoms with Gasteiger partial charge in [0.1, 0.15) is 5.82 Å². The molecule has 1 aromatic heterocycles. The number of nitrogens with zero attached hydrogens (tertiary/aromatic N) is 3. The first-order valence-electron chi connectivity index (χ1n) is 11.1. The lowest BCUT2D eigenvalue weighted by atomic mass is 9.86. The Kier molecular flexibility index (Phi) is 6.88. The van der Waals surface area contributed by atoms with E-state index in [9.17, 15) is 9.18 Å². The van der Waals surface area contributed by atoms with Gasteiger partial charge in [-0.1, -0.05) is 44.2 Å². The van der Waals surface area contributed by atoms with Crippen molar-refractivity contribution in [2.75, 3.05) is 44.3 Å². The third-order valence-electron chi connectivity index (χ3n) is 5.77. The summed E-state index contributed by atoms with van der Waals surface area (Å²) >= 11 is 1.36. The van der Waals surface area contributed by atoms with E-state index < -0.39 is 0 Å². The number of thiazole rings is 1. The smallest absolute Gasteiger partial charge is 0.260 e. The van der Waals surface area contributed by atoms with E-state index in [0.29, 0.717) is 22.8 Å². The molecule has 1 aliphatic heterocycles. The molecule has 1 aliphatic rings. The van der Waals surface area contributed by atoms with Crippen LogP contribution in [-0.4, -0.2) is 55.2 Å². The van der Waals surface area contributed by atoms with E-state index in [1.54, 1.807) is 11.0 Å². The number of halogens is 1. The molecule has 0 aliphatic carbocycles. The Balaban J connectivity index is 1.57. The topological polar surface area (TPSA) is 45.7 Å². The number of rotatable bonds is 6. The first kappa shape index (κ1) is 22.8. The highest BCUT2D eigenvalue weighted by Gasteiger charge is 2.23. The molecular weight excluding hydrogens is 425 g/mol. The largest absolute Gasteiger partial charge is 0.379 e. The lowest BCUT2D eigenvalue weighted by molar-refractivity contribution is 0.0376. The Morgan fingerprint density at radius 1 is 1.16 bits per heavy atom. The van der Waals surface area contributed by atoms with Crippen molar-refractivity contribution in [3.05, 3.63) is 59.4 Å². The van der Waals surface area contributed by atoms with Crippen molar-refractivity contribution in [1.82, 2.24) is 9.88 Å². The molecule has 32 heavy (non-hydrogen) atoms. The van der Waals surface area contributed by atoms with Crippen molar-refractivity contribution in [1.29, 1.82) is 0 Å². The predicted octanol–water partition coefficient (Wildman–Crippen LogP) is 5.10. The second-order valence-electron chi connectivity index (χ2n) is 9.20. The van der Waals surface area contributed by atoms with E-state index in [-0.39, 0.29) is 17.1 Å². The monoisotopic (exact) mass is 455 g/mol. The Morgan fingerprint density at radius 2 is 1.88 bits per heavy atom. The van der Waals surface area contributed by atoms with Crippen LogP contribution in [0.25, 0.3) is 10.2 Å².